The van der Waals surface area contributed by atoms with Crippen molar-refractivity contribution in [1.29, 1.82) is 0 Å². The van der Waals surface area contributed by atoms with Gasteiger partial charge in [-0.2, -0.15) is 0 Å². The van der Waals surface area contributed by atoms with E-state index in [1.165, 1.54) is 6.07 Å². The molecule has 0 radical (unpaired) electrons. The first kappa shape index (κ1) is 16.3. The van der Waals surface area contributed by atoms with Crippen LogP contribution in [0.25, 0.3) is 0 Å². The molecule has 0 fully saturated rings. The fourth-order valence-corrected chi connectivity index (χ4v) is 4.14. The first-order chi connectivity index (χ1) is 9.15. The molecule has 0 aliphatic rings. The Hall–Kier alpha value is -0.753. The molecule has 0 amide bonds. The summed E-state index contributed by atoms with van der Waals surface area (Å²) in [6.45, 7) is 2.53. The monoisotopic (exact) mass is 286 g/mol. The molecule has 1 aromatic rings. The molecule has 0 aliphatic heterocycles. The van der Waals surface area contributed by atoms with E-state index in [0.29, 0.717) is 6.61 Å². The van der Waals surface area contributed by atoms with Gasteiger partial charge in [0.15, 0.2) is 0 Å². The van der Waals surface area contributed by atoms with Crippen molar-refractivity contribution < 1.29 is 17.7 Å². The van der Waals surface area contributed by atoms with Crippen LogP contribution in [0.3, 0.4) is 0 Å². The molecule has 0 heterocycles. The van der Waals surface area contributed by atoms with Crippen molar-refractivity contribution in [3.05, 3.63) is 35.6 Å². The second-order valence-corrected chi connectivity index (χ2v) is 7.33. The highest BCUT2D eigenvalue weighted by Gasteiger charge is 2.37. The van der Waals surface area contributed by atoms with Gasteiger partial charge < -0.3 is 13.3 Å². The van der Waals surface area contributed by atoms with Gasteiger partial charge in [-0.1, -0.05) is 12.1 Å². The number of hydrogen-bond acceptors (Lipinski definition) is 3. The van der Waals surface area contributed by atoms with Crippen LogP contribution in [0.2, 0.25) is 6.04 Å². The minimum atomic E-state index is -2.47. The molecule has 0 bridgehead atoms. The molecular weight excluding hydrogens is 263 g/mol. The van der Waals surface area contributed by atoms with Crippen LogP contribution in [0.1, 0.15) is 25.3 Å². The fraction of sp³-hybridized carbons (Fsp3) is 0.571. The molecule has 0 saturated carbocycles. The summed E-state index contributed by atoms with van der Waals surface area (Å²) in [6, 6.07) is 7.53. The summed E-state index contributed by atoms with van der Waals surface area (Å²) in [6.07, 6.45) is 2.78. The van der Waals surface area contributed by atoms with Gasteiger partial charge in [0, 0.05) is 26.9 Å². The molecule has 5 heteroatoms. The normalized spacial score (nSPS) is 11.8. The maximum absolute atomic E-state index is 13.0. The lowest BCUT2D eigenvalue weighted by atomic mass is 10.1. The highest BCUT2D eigenvalue weighted by molar-refractivity contribution is 6.60. The zero-order chi connectivity index (χ0) is 14.1. The third-order valence-electron chi connectivity index (χ3n) is 3.07. The van der Waals surface area contributed by atoms with Crippen LogP contribution < -0.4 is 0 Å². The van der Waals surface area contributed by atoms with Crippen molar-refractivity contribution in [1.82, 2.24) is 0 Å². The molecule has 19 heavy (non-hydrogen) atoms. The number of benzene rings is 1. The predicted octanol–water partition coefficient (Wildman–Crippen LogP) is 3.42. The van der Waals surface area contributed by atoms with Crippen LogP contribution in [-0.4, -0.2) is 29.6 Å². The SMILES string of the molecule is CCO[Si](CCCCc1cccc(F)c1)(OC)OC. The van der Waals surface area contributed by atoms with Crippen molar-refractivity contribution in [2.45, 2.75) is 32.2 Å². The van der Waals surface area contributed by atoms with E-state index in [1.54, 1.807) is 26.4 Å². The van der Waals surface area contributed by atoms with Crippen LogP contribution >= 0.6 is 0 Å². The third-order valence-corrected chi connectivity index (χ3v) is 6.01. The summed E-state index contributed by atoms with van der Waals surface area (Å²) in [4.78, 5) is 0. The van der Waals surface area contributed by atoms with E-state index in [9.17, 15) is 4.39 Å². The van der Waals surface area contributed by atoms with Crippen molar-refractivity contribution in [3.63, 3.8) is 0 Å². The summed E-state index contributed by atoms with van der Waals surface area (Å²) >= 11 is 0. The molecule has 0 aliphatic carbocycles. The van der Waals surface area contributed by atoms with Gasteiger partial charge in [0.2, 0.25) is 0 Å². The highest BCUT2D eigenvalue weighted by Crippen LogP contribution is 2.18. The topological polar surface area (TPSA) is 27.7 Å². The summed E-state index contributed by atoms with van der Waals surface area (Å²) in [5.41, 5.74) is 1.03. The molecule has 0 unspecified atom stereocenters. The Bertz CT molecular complexity index is 369. The largest absolute Gasteiger partial charge is 0.500 e. The lowest BCUT2D eigenvalue weighted by Crippen LogP contribution is -2.43. The van der Waals surface area contributed by atoms with Gasteiger partial charge >= 0.3 is 8.80 Å². The molecule has 1 rings (SSSR count). The van der Waals surface area contributed by atoms with Gasteiger partial charge in [0.1, 0.15) is 5.82 Å². The van der Waals surface area contributed by atoms with E-state index >= 15 is 0 Å². The lowest BCUT2D eigenvalue weighted by molar-refractivity contribution is 0.103. The minimum Gasteiger partial charge on any atom is -0.377 e. The summed E-state index contributed by atoms with van der Waals surface area (Å²) in [5, 5.41) is 0. The van der Waals surface area contributed by atoms with Gasteiger partial charge in [0.25, 0.3) is 0 Å². The van der Waals surface area contributed by atoms with Crippen LogP contribution in [0.4, 0.5) is 4.39 Å². The Morgan fingerprint density at radius 2 is 1.89 bits per heavy atom. The first-order valence-electron chi connectivity index (χ1n) is 6.64. The zero-order valence-corrected chi connectivity index (χ0v) is 12.9. The number of halogens is 1. The van der Waals surface area contributed by atoms with Gasteiger partial charge in [-0.15, -0.1) is 0 Å². The van der Waals surface area contributed by atoms with E-state index in [-0.39, 0.29) is 5.82 Å². The van der Waals surface area contributed by atoms with E-state index < -0.39 is 8.80 Å². The van der Waals surface area contributed by atoms with E-state index in [0.717, 1.165) is 30.9 Å². The Balaban J connectivity index is 2.36. The van der Waals surface area contributed by atoms with Gasteiger partial charge in [-0.3, -0.25) is 0 Å². The van der Waals surface area contributed by atoms with Crippen molar-refractivity contribution >= 4 is 8.80 Å². The van der Waals surface area contributed by atoms with Crippen molar-refractivity contribution in [3.8, 4) is 0 Å². The molecule has 108 valence electrons. The van der Waals surface area contributed by atoms with E-state index in [4.69, 9.17) is 13.3 Å². The van der Waals surface area contributed by atoms with Crippen LogP contribution in [-0.2, 0) is 19.7 Å². The molecule has 0 saturated heterocycles. The van der Waals surface area contributed by atoms with Crippen LogP contribution in [0, 0.1) is 5.82 Å². The molecule has 0 aromatic heterocycles. The average molecular weight is 286 g/mol. The molecule has 1 aromatic carbocycles. The van der Waals surface area contributed by atoms with Crippen LogP contribution in [0.15, 0.2) is 24.3 Å². The van der Waals surface area contributed by atoms with Gasteiger partial charge in [0.05, 0.1) is 0 Å². The minimum absolute atomic E-state index is 0.177. The van der Waals surface area contributed by atoms with Crippen molar-refractivity contribution in [2.75, 3.05) is 20.8 Å². The number of hydrogen-bond donors (Lipinski definition) is 0. The zero-order valence-electron chi connectivity index (χ0n) is 11.9. The molecule has 0 atom stereocenters. The van der Waals surface area contributed by atoms with Gasteiger partial charge in [-0.05, 0) is 43.9 Å². The molecular formula is C14H23FO3Si. The quantitative estimate of drug-likeness (QED) is 0.514. The smallest absolute Gasteiger partial charge is 0.377 e. The Labute approximate surface area is 116 Å². The predicted molar refractivity (Wildman–Crippen MR) is 75.5 cm³/mol. The standard InChI is InChI=1S/C14H23FO3Si/c1-4-18-19(16-2,17-3)11-6-5-8-13-9-7-10-14(15)12-13/h7,9-10,12H,4-6,8,11H2,1-3H3. The van der Waals surface area contributed by atoms with E-state index in [2.05, 4.69) is 0 Å². The van der Waals surface area contributed by atoms with Crippen LogP contribution in [0.5, 0.6) is 0 Å². The summed E-state index contributed by atoms with van der Waals surface area (Å²) in [5.74, 6) is -0.177. The average Bonchev–Trinajstić information content (AvgIpc) is 2.42. The Morgan fingerprint density at radius 1 is 1.16 bits per heavy atom. The second kappa shape index (κ2) is 8.42. The van der Waals surface area contributed by atoms with Gasteiger partial charge in [-0.25, -0.2) is 4.39 Å². The third kappa shape index (κ3) is 5.40. The van der Waals surface area contributed by atoms with E-state index in [1.807, 2.05) is 13.0 Å². The second-order valence-electron chi connectivity index (χ2n) is 4.36. The maximum Gasteiger partial charge on any atom is 0.500 e. The first-order valence-corrected chi connectivity index (χ1v) is 8.57. The Morgan fingerprint density at radius 3 is 2.47 bits per heavy atom. The lowest BCUT2D eigenvalue weighted by Gasteiger charge is -2.25. The van der Waals surface area contributed by atoms with Crippen molar-refractivity contribution in [2.24, 2.45) is 0 Å². The molecule has 0 spiro atoms. The molecule has 3 nitrogen and oxygen atoms in total. The number of aryl methyl sites for hydroxylation is 1. The highest BCUT2D eigenvalue weighted by atomic mass is 28.4. The summed E-state index contributed by atoms with van der Waals surface area (Å²) < 4.78 is 29.5. The maximum atomic E-state index is 13.0. The fourth-order valence-electron chi connectivity index (χ4n) is 2.06. The Kier molecular flexibility index (Phi) is 7.23. The summed E-state index contributed by atoms with van der Waals surface area (Å²) in [7, 11) is 0.807. The molecule has 0 N–H and O–H groups in total. The number of unbranched alkanes of at least 4 members (excludes halogenated alkanes) is 1. The number of rotatable bonds is 9.